The number of piperidine rings is 1. The molecule has 192 valence electrons. The second-order valence-corrected chi connectivity index (χ2v) is 9.30. The first-order valence-electron chi connectivity index (χ1n) is 11.9. The summed E-state index contributed by atoms with van der Waals surface area (Å²) in [5.74, 6) is 0.167. The molecule has 2 heterocycles. The first-order chi connectivity index (χ1) is 17.3. The van der Waals surface area contributed by atoms with Gasteiger partial charge in [-0.05, 0) is 42.9 Å². The third-order valence-electron chi connectivity index (χ3n) is 7.03. The molecule has 10 nitrogen and oxygen atoms in total. The summed E-state index contributed by atoms with van der Waals surface area (Å²) in [6, 6.07) is 7.65. The Hall–Kier alpha value is -3.46. The Labute approximate surface area is 208 Å². The van der Waals surface area contributed by atoms with Crippen molar-refractivity contribution < 1.29 is 24.1 Å². The number of likely N-dealkylation sites (tertiary alicyclic amines) is 1. The van der Waals surface area contributed by atoms with Crippen LogP contribution in [0, 0.1) is 11.3 Å². The number of aliphatic hydroxyl groups is 1. The van der Waals surface area contributed by atoms with Gasteiger partial charge in [-0.2, -0.15) is 10.4 Å². The topological polar surface area (TPSA) is 150 Å². The van der Waals surface area contributed by atoms with Gasteiger partial charge in [-0.1, -0.05) is 18.2 Å². The number of aromatic nitrogens is 2. The number of ether oxygens (including phenoxy) is 1. The third kappa shape index (κ3) is 5.06. The largest absolute Gasteiger partial charge is 0.507 e. The van der Waals surface area contributed by atoms with Crippen LogP contribution in [0.2, 0.25) is 0 Å². The molecule has 1 saturated heterocycles. The Balaban J connectivity index is 1.52. The second kappa shape index (κ2) is 10.7. The average Bonchev–Trinajstić information content (AvgIpc) is 3.52. The molecule has 11 heteroatoms. The first kappa shape index (κ1) is 25.6. The minimum atomic E-state index is -1.48. The van der Waals surface area contributed by atoms with Crippen molar-refractivity contribution in [2.75, 3.05) is 25.5 Å². The summed E-state index contributed by atoms with van der Waals surface area (Å²) in [5.41, 5.74) is 7.27. The molecular weight excluding hydrogens is 467 g/mol. The van der Waals surface area contributed by atoms with Crippen LogP contribution in [-0.4, -0.2) is 57.4 Å². The number of hydrogen-bond acceptors (Lipinski definition) is 8. The highest BCUT2D eigenvalue weighted by Crippen LogP contribution is 2.38. The number of phenolic OH excluding ortho intramolecular Hbond substituents is 1. The number of hydrogen-bond donors (Lipinski definition) is 4. The highest BCUT2D eigenvalue weighted by Gasteiger charge is 2.46. The summed E-state index contributed by atoms with van der Waals surface area (Å²) in [6.07, 6.45) is 2.92. The normalized spacial score (nSPS) is 23.1. The van der Waals surface area contributed by atoms with Crippen LogP contribution in [0.25, 0.3) is 5.57 Å². The quantitative estimate of drug-likeness (QED) is 0.425. The van der Waals surface area contributed by atoms with Crippen LogP contribution in [0.1, 0.15) is 55.0 Å². The molecule has 4 rings (SSSR count). The van der Waals surface area contributed by atoms with E-state index in [1.54, 1.807) is 6.07 Å². The molecule has 0 saturated carbocycles. The summed E-state index contributed by atoms with van der Waals surface area (Å²) in [6.45, 7) is 0.947. The van der Waals surface area contributed by atoms with Crippen molar-refractivity contribution in [1.82, 2.24) is 14.7 Å². The lowest BCUT2D eigenvalue weighted by Gasteiger charge is -2.43. The van der Waals surface area contributed by atoms with Crippen LogP contribution in [0.3, 0.4) is 0 Å². The average molecular weight is 499 g/mol. The maximum Gasteiger partial charge on any atom is 0.412 e. The number of halogens is 1. The van der Waals surface area contributed by atoms with Gasteiger partial charge in [0.05, 0.1) is 25.2 Å². The number of nitrogens with zero attached hydrogens (tertiary/aromatic N) is 4. The number of allylic oxidation sites excluding steroid dienone is 2. The molecule has 1 aliphatic carbocycles. The van der Waals surface area contributed by atoms with Crippen LogP contribution in [0.4, 0.5) is 15.0 Å². The van der Waals surface area contributed by atoms with Gasteiger partial charge in [-0.3, -0.25) is 14.9 Å². The van der Waals surface area contributed by atoms with Crippen molar-refractivity contribution in [2.45, 2.75) is 56.6 Å². The van der Waals surface area contributed by atoms with E-state index in [4.69, 9.17) is 5.73 Å². The van der Waals surface area contributed by atoms with E-state index in [9.17, 15) is 20.3 Å². The van der Waals surface area contributed by atoms with Crippen molar-refractivity contribution in [2.24, 2.45) is 5.73 Å². The van der Waals surface area contributed by atoms with Crippen molar-refractivity contribution in [3.05, 3.63) is 47.2 Å². The lowest BCUT2D eigenvalue weighted by atomic mass is 9.83. The minimum absolute atomic E-state index is 0.0372. The highest BCUT2D eigenvalue weighted by atomic mass is 19.1. The number of alkyl halides is 1. The number of carbonyl (C=O) groups is 1. The summed E-state index contributed by atoms with van der Waals surface area (Å²) >= 11 is 0. The van der Waals surface area contributed by atoms with Gasteiger partial charge in [0.15, 0.2) is 5.82 Å². The fraction of sp³-hybridized carbons (Fsp3) is 0.480. The summed E-state index contributed by atoms with van der Waals surface area (Å²) < 4.78 is 21.7. The number of nitrogens with two attached hydrogens (primary N) is 1. The maximum atomic E-state index is 15.8. The lowest BCUT2D eigenvalue weighted by molar-refractivity contribution is 0.00679. The standard InChI is InChI=1S/C25H31FN6O4/c1-36-24(35)29-23-19(22(28)34)14-32(30-23)25(8-10-27)9-11-31(15-21(25)26)13-16-6-7-18(20(33)12-16)17-4-2-3-5-17/h4,6-7,12,14,21-22,33-34H,2-3,5,8-9,11,13,15,28H2,1H3,(H,29,30,35). The van der Waals surface area contributed by atoms with Gasteiger partial charge in [-0.25, -0.2) is 9.18 Å². The van der Waals surface area contributed by atoms with Crippen molar-refractivity contribution in [3.63, 3.8) is 0 Å². The summed E-state index contributed by atoms with van der Waals surface area (Å²) in [4.78, 5) is 13.6. The van der Waals surface area contributed by atoms with Crippen LogP contribution in [0.15, 0.2) is 30.5 Å². The molecule has 2 aliphatic rings. The summed E-state index contributed by atoms with van der Waals surface area (Å²) in [7, 11) is 1.18. The predicted octanol–water partition coefficient (Wildman–Crippen LogP) is 3.14. The van der Waals surface area contributed by atoms with Crippen LogP contribution in [0.5, 0.6) is 5.75 Å². The molecule has 1 aromatic heterocycles. The van der Waals surface area contributed by atoms with Crippen LogP contribution < -0.4 is 11.1 Å². The number of amides is 1. The Bertz CT molecular complexity index is 1190. The van der Waals surface area contributed by atoms with E-state index in [0.717, 1.165) is 36.0 Å². The number of aromatic hydroxyl groups is 1. The van der Waals surface area contributed by atoms with Crippen LogP contribution >= 0.6 is 0 Å². The number of benzene rings is 1. The van der Waals surface area contributed by atoms with Crippen molar-refractivity contribution in [1.29, 1.82) is 5.26 Å². The second-order valence-electron chi connectivity index (χ2n) is 9.30. The van der Waals surface area contributed by atoms with Crippen molar-refractivity contribution in [3.8, 4) is 11.8 Å². The lowest BCUT2D eigenvalue weighted by Crippen LogP contribution is -2.54. The number of rotatable bonds is 7. The number of aliphatic hydroxyl groups excluding tert-OH is 1. The predicted molar refractivity (Wildman–Crippen MR) is 130 cm³/mol. The molecule has 3 atom stereocenters. The molecule has 1 aromatic carbocycles. The van der Waals surface area contributed by atoms with E-state index in [0.29, 0.717) is 13.1 Å². The molecule has 0 bridgehead atoms. The maximum absolute atomic E-state index is 15.8. The molecule has 1 fully saturated rings. The van der Waals surface area contributed by atoms with Gasteiger partial charge in [0.1, 0.15) is 23.7 Å². The number of carbonyl (C=O) groups excluding carboxylic acids is 1. The van der Waals surface area contributed by atoms with E-state index in [1.807, 2.05) is 17.0 Å². The summed E-state index contributed by atoms with van der Waals surface area (Å²) in [5, 5.41) is 36.6. The van der Waals surface area contributed by atoms with E-state index in [2.05, 4.69) is 27.3 Å². The SMILES string of the molecule is COC(=O)Nc1nn(C2(CC#N)CCN(Cc3ccc(C4=CCCC4)c(O)c3)CC2F)cc1C(N)O. The number of methoxy groups -OCH3 is 1. The molecule has 5 N–H and O–H groups in total. The van der Waals surface area contributed by atoms with Gasteiger partial charge >= 0.3 is 6.09 Å². The number of phenols is 1. The highest BCUT2D eigenvalue weighted by molar-refractivity contribution is 5.84. The smallest absolute Gasteiger partial charge is 0.412 e. The van der Waals surface area contributed by atoms with Crippen molar-refractivity contribution >= 4 is 17.5 Å². The monoisotopic (exact) mass is 498 g/mol. The Kier molecular flexibility index (Phi) is 7.59. The van der Waals surface area contributed by atoms with Gasteiger partial charge in [0.25, 0.3) is 0 Å². The molecule has 36 heavy (non-hydrogen) atoms. The number of nitriles is 1. The van der Waals surface area contributed by atoms with Crippen LogP contribution in [-0.2, 0) is 16.8 Å². The molecule has 3 unspecified atom stereocenters. The number of nitrogens with one attached hydrogen (secondary N) is 1. The molecule has 0 spiro atoms. The van der Waals surface area contributed by atoms with Gasteiger partial charge in [0, 0.05) is 31.4 Å². The first-order valence-corrected chi connectivity index (χ1v) is 11.9. The van der Waals surface area contributed by atoms with E-state index in [1.165, 1.54) is 18.0 Å². The molecule has 0 radical (unpaired) electrons. The zero-order valence-corrected chi connectivity index (χ0v) is 20.2. The number of anilines is 1. The third-order valence-corrected chi connectivity index (χ3v) is 7.03. The van der Waals surface area contributed by atoms with Gasteiger partial charge in [-0.15, -0.1) is 0 Å². The molecular formula is C25H31FN6O4. The fourth-order valence-electron chi connectivity index (χ4n) is 5.01. The Morgan fingerprint density at radius 1 is 1.50 bits per heavy atom. The van der Waals surface area contributed by atoms with Gasteiger partial charge in [0.2, 0.25) is 0 Å². The minimum Gasteiger partial charge on any atom is -0.507 e. The Morgan fingerprint density at radius 2 is 2.31 bits per heavy atom. The zero-order chi connectivity index (χ0) is 25.9. The molecule has 2 aromatic rings. The Morgan fingerprint density at radius 3 is 2.92 bits per heavy atom. The van der Waals surface area contributed by atoms with E-state index in [-0.39, 0.29) is 36.5 Å². The fourth-order valence-corrected chi connectivity index (χ4v) is 5.01. The van der Waals surface area contributed by atoms with E-state index >= 15 is 4.39 Å². The molecule has 1 aliphatic heterocycles. The van der Waals surface area contributed by atoms with E-state index < -0.39 is 24.0 Å². The molecule has 1 amide bonds. The zero-order valence-electron chi connectivity index (χ0n) is 20.2. The van der Waals surface area contributed by atoms with Gasteiger partial charge < -0.3 is 20.7 Å².